The Balaban J connectivity index is 1.78. The molecule has 0 spiro atoms. The van der Waals surface area contributed by atoms with Crippen LogP contribution >= 0.6 is 11.3 Å². The van der Waals surface area contributed by atoms with E-state index in [-0.39, 0.29) is 6.04 Å². The molecule has 3 heterocycles. The van der Waals surface area contributed by atoms with Gasteiger partial charge in [0.1, 0.15) is 0 Å². The monoisotopic (exact) mass is 329 g/mol. The molecule has 0 bridgehead atoms. The molecule has 1 aromatic rings. The summed E-state index contributed by atoms with van der Waals surface area (Å²) in [5.41, 5.74) is 5.61. The third-order valence-corrected chi connectivity index (χ3v) is 7.39. The van der Waals surface area contributed by atoms with Crippen LogP contribution in [-0.4, -0.2) is 38.5 Å². The van der Waals surface area contributed by atoms with Gasteiger partial charge in [-0.1, -0.05) is 6.42 Å². The van der Waals surface area contributed by atoms with Crippen LogP contribution in [0.15, 0.2) is 11.0 Å². The van der Waals surface area contributed by atoms with Crippen molar-refractivity contribution in [1.29, 1.82) is 0 Å². The van der Waals surface area contributed by atoms with Gasteiger partial charge in [0.05, 0.1) is 4.90 Å². The van der Waals surface area contributed by atoms with E-state index in [0.717, 1.165) is 35.7 Å². The number of aryl methyl sites for hydroxylation is 1. The summed E-state index contributed by atoms with van der Waals surface area (Å²) in [6, 6.07) is 2.15. The highest BCUT2D eigenvalue weighted by Crippen LogP contribution is 2.30. The second kappa shape index (κ2) is 5.96. The van der Waals surface area contributed by atoms with Gasteiger partial charge >= 0.3 is 0 Å². The minimum absolute atomic E-state index is 0.0518. The molecule has 3 rings (SSSR count). The van der Waals surface area contributed by atoms with Gasteiger partial charge in [0.15, 0.2) is 0 Å². The second-order valence-corrected chi connectivity index (χ2v) is 8.98. The number of nitrogens with two attached hydrogens (primary N) is 1. The van der Waals surface area contributed by atoms with E-state index < -0.39 is 10.0 Å². The summed E-state index contributed by atoms with van der Waals surface area (Å²) in [7, 11) is -3.44. The van der Waals surface area contributed by atoms with Crippen molar-refractivity contribution in [3.63, 3.8) is 0 Å². The summed E-state index contributed by atoms with van der Waals surface area (Å²) in [5, 5.41) is 0. The minimum Gasteiger partial charge on any atom is -0.326 e. The Morgan fingerprint density at radius 2 is 2.19 bits per heavy atom. The Hall–Kier alpha value is -0.470. The molecule has 3 N–H and O–H groups in total. The highest BCUT2D eigenvalue weighted by atomic mass is 32.2. The lowest BCUT2D eigenvalue weighted by Crippen LogP contribution is -2.46. The van der Waals surface area contributed by atoms with Gasteiger partial charge in [-0.05, 0) is 38.8 Å². The Morgan fingerprint density at radius 3 is 2.90 bits per heavy atom. The molecule has 0 amide bonds. The van der Waals surface area contributed by atoms with Crippen molar-refractivity contribution >= 4 is 21.4 Å². The summed E-state index contributed by atoms with van der Waals surface area (Å²) in [6.45, 7) is 4.35. The van der Waals surface area contributed by atoms with E-state index in [1.54, 1.807) is 6.07 Å². The number of hydrogen-bond donors (Lipinski definition) is 2. The van der Waals surface area contributed by atoms with Gasteiger partial charge in [-0.15, -0.1) is 11.3 Å². The molecule has 2 saturated heterocycles. The molecule has 2 unspecified atom stereocenters. The van der Waals surface area contributed by atoms with Crippen LogP contribution in [-0.2, 0) is 16.6 Å². The van der Waals surface area contributed by atoms with Crippen LogP contribution in [0.5, 0.6) is 0 Å². The van der Waals surface area contributed by atoms with Crippen LogP contribution in [0, 0.1) is 6.92 Å². The molecular weight excluding hydrogens is 306 g/mol. The topological polar surface area (TPSA) is 75.4 Å². The van der Waals surface area contributed by atoms with Gasteiger partial charge < -0.3 is 5.73 Å². The summed E-state index contributed by atoms with van der Waals surface area (Å²) in [5.74, 6) is 0. The Bertz CT molecular complexity index is 612. The fourth-order valence-corrected chi connectivity index (χ4v) is 6.36. The first kappa shape index (κ1) is 15.4. The summed E-state index contributed by atoms with van der Waals surface area (Å²) < 4.78 is 28.2. The van der Waals surface area contributed by atoms with Crippen LogP contribution in [0.4, 0.5) is 0 Å². The van der Waals surface area contributed by atoms with E-state index in [0.29, 0.717) is 17.5 Å². The maximum Gasteiger partial charge on any atom is 0.241 e. The molecule has 0 aromatic carbocycles. The maximum atomic E-state index is 12.6. The summed E-state index contributed by atoms with van der Waals surface area (Å²) in [6.07, 6.45) is 4.45. The van der Waals surface area contributed by atoms with Crippen molar-refractivity contribution < 1.29 is 8.42 Å². The molecule has 7 heteroatoms. The van der Waals surface area contributed by atoms with E-state index in [1.807, 2.05) is 6.92 Å². The molecule has 118 valence electrons. The van der Waals surface area contributed by atoms with Gasteiger partial charge in [-0.3, -0.25) is 4.90 Å². The Morgan fingerprint density at radius 1 is 1.38 bits per heavy atom. The van der Waals surface area contributed by atoms with Crippen LogP contribution in [0.3, 0.4) is 0 Å². The minimum atomic E-state index is -3.44. The highest BCUT2D eigenvalue weighted by Gasteiger charge is 2.38. The van der Waals surface area contributed by atoms with Crippen molar-refractivity contribution in [3.05, 3.63) is 15.8 Å². The number of sulfonamides is 1. The lowest BCUT2D eigenvalue weighted by molar-refractivity contribution is 0.186. The van der Waals surface area contributed by atoms with Crippen molar-refractivity contribution in [2.24, 2.45) is 5.73 Å². The average Bonchev–Trinajstić information content (AvgIpc) is 3.03. The smallest absolute Gasteiger partial charge is 0.241 e. The number of fused-ring (bicyclic) bond motifs is 1. The number of thiophene rings is 1. The first-order chi connectivity index (χ1) is 10.0. The molecule has 21 heavy (non-hydrogen) atoms. The molecule has 5 nitrogen and oxygen atoms in total. The SMILES string of the molecule is Cc1sc(CN)cc1S(=O)(=O)NC1CCN2CCCCC12. The predicted octanol–water partition coefficient (Wildman–Crippen LogP) is 1.42. The average molecular weight is 329 g/mol. The van der Waals surface area contributed by atoms with Crippen LogP contribution in [0.1, 0.15) is 35.4 Å². The number of piperidine rings is 1. The molecule has 2 fully saturated rings. The van der Waals surface area contributed by atoms with Crippen molar-refractivity contribution in [2.75, 3.05) is 13.1 Å². The zero-order valence-corrected chi connectivity index (χ0v) is 14.0. The van der Waals surface area contributed by atoms with Gasteiger partial charge in [0, 0.05) is 34.9 Å². The molecule has 0 aliphatic carbocycles. The van der Waals surface area contributed by atoms with Crippen molar-refractivity contribution in [1.82, 2.24) is 9.62 Å². The number of hydrogen-bond acceptors (Lipinski definition) is 5. The molecular formula is C14H23N3O2S2. The first-order valence-corrected chi connectivity index (χ1v) is 9.87. The first-order valence-electron chi connectivity index (χ1n) is 7.57. The van der Waals surface area contributed by atoms with Crippen molar-refractivity contribution in [3.8, 4) is 0 Å². The Kier molecular flexibility index (Phi) is 4.38. The van der Waals surface area contributed by atoms with Gasteiger partial charge in [0.25, 0.3) is 0 Å². The van der Waals surface area contributed by atoms with E-state index in [2.05, 4.69) is 9.62 Å². The third kappa shape index (κ3) is 3.03. The lowest BCUT2D eigenvalue weighted by atomic mass is 10.00. The number of rotatable bonds is 4. The van der Waals surface area contributed by atoms with Crippen LogP contribution in [0.25, 0.3) is 0 Å². The summed E-state index contributed by atoms with van der Waals surface area (Å²) >= 11 is 1.47. The Labute approximate surface area is 130 Å². The lowest BCUT2D eigenvalue weighted by Gasteiger charge is -2.32. The molecule has 0 saturated carbocycles. The normalized spacial score (nSPS) is 27.0. The summed E-state index contributed by atoms with van der Waals surface area (Å²) in [4.78, 5) is 4.57. The molecule has 1 aromatic heterocycles. The van der Waals surface area contributed by atoms with E-state index in [9.17, 15) is 8.42 Å². The highest BCUT2D eigenvalue weighted by molar-refractivity contribution is 7.89. The fourth-order valence-electron chi connectivity index (χ4n) is 3.54. The molecule has 0 radical (unpaired) electrons. The largest absolute Gasteiger partial charge is 0.326 e. The molecule has 2 aliphatic heterocycles. The maximum absolute atomic E-state index is 12.6. The quantitative estimate of drug-likeness (QED) is 0.876. The van der Waals surface area contributed by atoms with Gasteiger partial charge in [-0.25, -0.2) is 13.1 Å². The van der Waals surface area contributed by atoms with E-state index in [1.165, 1.54) is 24.2 Å². The zero-order chi connectivity index (χ0) is 15.0. The molecule has 2 atom stereocenters. The zero-order valence-electron chi connectivity index (χ0n) is 12.3. The molecule has 2 aliphatic rings. The van der Waals surface area contributed by atoms with Gasteiger partial charge in [-0.2, -0.15) is 0 Å². The van der Waals surface area contributed by atoms with E-state index in [4.69, 9.17) is 5.73 Å². The number of nitrogens with zero attached hydrogens (tertiary/aromatic N) is 1. The van der Waals surface area contributed by atoms with Crippen LogP contribution < -0.4 is 10.5 Å². The van der Waals surface area contributed by atoms with E-state index >= 15 is 0 Å². The van der Waals surface area contributed by atoms with Gasteiger partial charge in [0.2, 0.25) is 10.0 Å². The third-order valence-electron chi connectivity index (χ3n) is 4.58. The van der Waals surface area contributed by atoms with Crippen LogP contribution in [0.2, 0.25) is 0 Å². The van der Waals surface area contributed by atoms with Crippen molar-refractivity contribution in [2.45, 2.75) is 56.1 Å². The second-order valence-electron chi connectivity index (χ2n) is 5.95. The fraction of sp³-hybridized carbons (Fsp3) is 0.714. The number of nitrogens with one attached hydrogen (secondary N) is 1. The standard InChI is InChI=1S/C14H23N3O2S2/c1-10-14(8-11(9-15)20-10)21(18,19)16-12-5-7-17-6-3-2-4-13(12)17/h8,12-13,16H,2-7,9,15H2,1H3. The predicted molar refractivity (Wildman–Crippen MR) is 84.9 cm³/mol.